The van der Waals surface area contributed by atoms with E-state index in [1.54, 1.807) is 0 Å². The summed E-state index contributed by atoms with van der Waals surface area (Å²) in [6.07, 6.45) is 1.34. The second kappa shape index (κ2) is 8.24. The number of rotatable bonds is 5. The first-order valence-electron chi connectivity index (χ1n) is 9.98. The molecule has 1 fully saturated rings. The molecule has 0 spiro atoms. The van der Waals surface area contributed by atoms with Gasteiger partial charge in [-0.2, -0.15) is 4.98 Å². The molecule has 0 saturated carbocycles. The van der Waals surface area contributed by atoms with Crippen LogP contribution in [-0.4, -0.2) is 65.1 Å². The monoisotopic (exact) mass is 381 g/mol. The number of ketones is 1. The molecular formula is C21H27N5O2. The molecule has 7 heteroatoms. The Morgan fingerprint density at radius 2 is 1.86 bits per heavy atom. The number of hydrogen-bond donors (Lipinski definition) is 2. The molecule has 1 aromatic carbocycles. The maximum Gasteiger partial charge on any atom is 0.227 e. The van der Waals surface area contributed by atoms with Crippen LogP contribution in [-0.2, 0) is 6.42 Å². The van der Waals surface area contributed by atoms with Gasteiger partial charge in [-0.3, -0.25) is 9.69 Å². The van der Waals surface area contributed by atoms with Crippen LogP contribution in [0.2, 0.25) is 0 Å². The van der Waals surface area contributed by atoms with Crippen LogP contribution >= 0.6 is 0 Å². The van der Waals surface area contributed by atoms with Crippen molar-refractivity contribution in [1.82, 2.24) is 14.9 Å². The lowest BCUT2D eigenvalue weighted by atomic mass is 9.87. The van der Waals surface area contributed by atoms with E-state index in [-0.39, 0.29) is 12.4 Å². The first kappa shape index (κ1) is 18.8. The Kier molecular flexibility index (Phi) is 5.54. The van der Waals surface area contributed by atoms with E-state index in [1.165, 1.54) is 0 Å². The summed E-state index contributed by atoms with van der Waals surface area (Å²) in [5.41, 5.74) is 2.41. The zero-order valence-corrected chi connectivity index (χ0v) is 16.3. The highest BCUT2D eigenvalue weighted by Gasteiger charge is 2.30. The predicted molar refractivity (Wildman–Crippen MR) is 109 cm³/mol. The van der Waals surface area contributed by atoms with Crippen molar-refractivity contribution >= 4 is 23.2 Å². The molecule has 1 saturated heterocycles. The van der Waals surface area contributed by atoms with Gasteiger partial charge in [0.15, 0.2) is 5.78 Å². The number of Topliss-reactive ketones (excluding diaryl/α,β-unsaturated/α-hetero) is 1. The number of aliphatic hydroxyl groups is 1. The number of β-amino-alcohol motifs (C(OH)–C–C–N with tert-alkyl or cyclic N) is 1. The number of hydrogen-bond acceptors (Lipinski definition) is 7. The Bertz CT molecular complexity index is 834. The molecule has 0 unspecified atom stereocenters. The van der Waals surface area contributed by atoms with Gasteiger partial charge in [-0.05, 0) is 24.5 Å². The summed E-state index contributed by atoms with van der Waals surface area (Å²) in [4.78, 5) is 26.7. The number of carbonyl (C=O) groups excluding carboxylic acids is 1. The lowest BCUT2D eigenvalue weighted by Crippen LogP contribution is -2.48. The van der Waals surface area contributed by atoms with Crippen LogP contribution < -0.4 is 10.2 Å². The minimum atomic E-state index is 0.117. The molecule has 1 aliphatic heterocycles. The van der Waals surface area contributed by atoms with Crippen LogP contribution in [0.15, 0.2) is 30.3 Å². The second-order valence-electron chi connectivity index (χ2n) is 7.67. The highest BCUT2D eigenvalue weighted by Crippen LogP contribution is 2.32. The number of nitrogens with zero attached hydrogens (tertiary/aromatic N) is 4. The van der Waals surface area contributed by atoms with E-state index in [0.717, 1.165) is 44.0 Å². The van der Waals surface area contributed by atoms with Crippen molar-refractivity contribution in [2.75, 3.05) is 49.5 Å². The number of benzene rings is 1. The van der Waals surface area contributed by atoms with E-state index in [2.05, 4.69) is 22.0 Å². The molecule has 2 heterocycles. The van der Waals surface area contributed by atoms with E-state index >= 15 is 0 Å². The molecule has 2 N–H and O–H groups in total. The molecule has 4 rings (SSSR count). The van der Waals surface area contributed by atoms with Crippen LogP contribution in [0.3, 0.4) is 0 Å². The normalized spacial score (nSPS) is 20.1. The summed E-state index contributed by atoms with van der Waals surface area (Å²) < 4.78 is 0. The molecule has 0 bridgehead atoms. The molecule has 28 heavy (non-hydrogen) atoms. The topological polar surface area (TPSA) is 81.6 Å². The van der Waals surface area contributed by atoms with E-state index in [0.29, 0.717) is 36.2 Å². The number of para-hydroxylation sites is 1. The third kappa shape index (κ3) is 4.00. The summed E-state index contributed by atoms with van der Waals surface area (Å²) in [5.74, 6) is 1.71. The number of nitrogens with one attached hydrogen (secondary N) is 1. The third-order valence-corrected chi connectivity index (χ3v) is 5.43. The zero-order chi connectivity index (χ0) is 19.5. The predicted octanol–water partition coefficient (Wildman–Crippen LogP) is 2.10. The molecule has 0 radical (unpaired) electrons. The number of aliphatic hydroxyl groups excluding tert-OH is 1. The summed E-state index contributed by atoms with van der Waals surface area (Å²) in [6, 6.07) is 9.82. The SMILES string of the molecule is C[C@@H]1CC(=O)c2c(nc(N3CCN(CCO)CC3)nc2Nc2ccccc2)C1. The molecule has 7 nitrogen and oxygen atoms in total. The first-order valence-corrected chi connectivity index (χ1v) is 9.98. The molecule has 1 atom stereocenters. The zero-order valence-electron chi connectivity index (χ0n) is 16.3. The van der Waals surface area contributed by atoms with Gasteiger partial charge in [-0.25, -0.2) is 4.98 Å². The van der Waals surface area contributed by atoms with Crippen LogP contribution in [0.5, 0.6) is 0 Å². The Hall–Kier alpha value is -2.51. The van der Waals surface area contributed by atoms with Crippen molar-refractivity contribution in [2.24, 2.45) is 5.92 Å². The first-order chi connectivity index (χ1) is 13.6. The number of fused-ring (bicyclic) bond motifs is 1. The molecular weight excluding hydrogens is 354 g/mol. The molecule has 2 aromatic rings. The molecule has 148 valence electrons. The summed E-state index contributed by atoms with van der Waals surface area (Å²) in [7, 11) is 0. The number of anilines is 3. The molecule has 1 aromatic heterocycles. The van der Waals surface area contributed by atoms with Crippen LogP contribution in [0.1, 0.15) is 29.4 Å². The largest absolute Gasteiger partial charge is 0.395 e. The van der Waals surface area contributed by atoms with Gasteiger partial charge in [-0.15, -0.1) is 0 Å². The van der Waals surface area contributed by atoms with Gasteiger partial charge in [0.25, 0.3) is 0 Å². The van der Waals surface area contributed by atoms with Gasteiger partial charge in [0.1, 0.15) is 5.82 Å². The molecule has 2 aliphatic rings. The van der Waals surface area contributed by atoms with Crippen molar-refractivity contribution in [1.29, 1.82) is 0 Å². The fraction of sp³-hybridized carbons (Fsp3) is 0.476. The summed E-state index contributed by atoms with van der Waals surface area (Å²) in [5, 5.41) is 12.5. The van der Waals surface area contributed by atoms with Crippen molar-refractivity contribution in [3.05, 3.63) is 41.6 Å². The van der Waals surface area contributed by atoms with E-state index < -0.39 is 0 Å². The average Bonchev–Trinajstić information content (AvgIpc) is 2.69. The van der Waals surface area contributed by atoms with Gasteiger partial charge in [0, 0.05) is 44.8 Å². The number of carbonyl (C=O) groups is 1. The van der Waals surface area contributed by atoms with Gasteiger partial charge in [0.2, 0.25) is 5.95 Å². The molecule has 0 amide bonds. The quantitative estimate of drug-likeness (QED) is 0.821. The minimum Gasteiger partial charge on any atom is -0.395 e. The maximum atomic E-state index is 12.7. The van der Waals surface area contributed by atoms with Crippen molar-refractivity contribution in [3.8, 4) is 0 Å². The van der Waals surface area contributed by atoms with Gasteiger partial charge >= 0.3 is 0 Å². The number of piperazine rings is 1. The lowest BCUT2D eigenvalue weighted by Gasteiger charge is -2.35. The Balaban J connectivity index is 1.65. The summed E-state index contributed by atoms with van der Waals surface area (Å²) >= 11 is 0. The average molecular weight is 381 g/mol. The van der Waals surface area contributed by atoms with Crippen molar-refractivity contribution in [3.63, 3.8) is 0 Å². The van der Waals surface area contributed by atoms with Crippen LogP contribution in [0, 0.1) is 5.92 Å². The van der Waals surface area contributed by atoms with Crippen LogP contribution in [0.4, 0.5) is 17.5 Å². The van der Waals surface area contributed by atoms with Crippen molar-refractivity contribution < 1.29 is 9.90 Å². The third-order valence-electron chi connectivity index (χ3n) is 5.43. The van der Waals surface area contributed by atoms with E-state index in [1.807, 2.05) is 30.3 Å². The van der Waals surface area contributed by atoms with Gasteiger partial charge in [0.05, 0.1) is 17.9 Å². The van der Waals surface area contributed by atoms with Gasteiger partial charge in [-0.1, -0.05) is 25.1 Å². The van der Waals surface area contributed by atoms with Gasteiger partial charge < -0.3 is 15.3 Å². The fourth-order valence-corrected chi connectivity index (χ4v) is 3.96. The fourth-order valence-electron chi connectivity index (χ4n) is 3.96. The Morgan fingerprint density at radius 1 is 1.11 bits per heavy atom. The maximum absolute atomic E-state index is 12.7. The Morgan fingerprint density at radius 3 is 2.57 bits per heavy atom. The van der Waals surface area contributed by atoms with E-state index in [4.69, 9.17) is 15.1 Å². The highest BCUT2D eigenvalue weighted by atomic mass is 16.3. The second-order valence-corrected chi connectivity index (χ2v) is 7.67. The van der Waals surface area contributed by atoms with E-state index in [9.17, 15) is 4.79 Å². The highest BCUT2D eigenvalue weighted by molar-refractivity contribution is 6.03. The summed E-state index contributed by atoms with van der Waals surface area (Å²) in [6.45, 7) is 6.35. The van der Waals surface area contributed by atoms with Crippen molar-refractivity contribution in [2.45, 2.75) is 19.8 Å². The Labute approximate surface area is 165 Å². The van der Waals surface area contributed by atoms with Crippen LogP contribution in [0.25, 0.3) is 0 Å². The molecule has 1 aliphatic carbocycles. The minimum absolute atomic E-state index is 0.117. The number of aromatic nitrogens is 2. The smallest absolute Gasteiger partial charge is 0.227 e. The lowest BCUT2D eigenvalue weighted by molar-refractivity contribution is 0.0952. The standard InChI is InChI=1S/C21H27N5O2/c1-15-13-17-19(18(28)14-15)20(22-16-5-3-2-4-6-16)24-21(23-17)26-9-7-25(8-10-26)11-12-27/h2-6,15,27H,7-14H2,1H3,(H,22,23,24)/t15-/m0/s1.